The summed E-state index contributed by atoms with van der Waals surface area (Å²) >= 11 is 0. The molecule has 1 aliphatic carbocycles. The highest BCUT2D eigenvalue weighted by Crippen LogP contribution is 2.32. The first-order valence-corrected chi connectivity index (χ1v) is 10.2. The third-order valence-corrected chi connectivity index (χ3v) is 5.97. The number of amides is 1. The lowest BCUT2D eigenvalue weighted by molar-refractivity contribution is -0.147. The van der Waals surface area contributed by atoms with Crippen molar-refractivity contribution in [2.45, 2.75) is 44.5 Å². The largest absolute Gasteiger partial charge is 0.393 e. The van der Waals surface area contributed by atoms with Gasteiger partial charge in [-0.1, -0.05) is 36.4 Å². The maximum Gasteiger partial charge on any atom is 0.225 e. The Bertz CT molecular complexity index is 762. The monoisotopic (exact) mass is 380 g/mol. The lowest BCUT2D eigenvalue weighted by Gasteiger charge is -2.42. The first-order chi connectivity index (χ1) is 13.7. The first-order valence-electron chi connectivity index (χ1n) is 10.2. The number of pyridine rings is 1. The van der Waals surface area contributed by atoms with Gasteiger partial charge in [0.15, 0.2) is 0 Å². The quantitative estimate of drug-likeness (QED) is 0.837. The van der Waals surface area contributed by atoms with Gasteiger partial charge in [-0.15, -0.1) is 0 Å². The first kappa shape index (κ1) is 19.1. The van der Waals surface area contributed by atoms with Gasteiger partial charge in [-0.2, -0.15) is 0 Å². The number of carbonyl (C=O) groups excluding carboxylic acids is 1. The summed E-state index contributed by atoms with van der Waals surface area (Å²) in [6, 6.07) is 14.4. The number of benzene rings is 1. The van der Waals surface area contributed by atoms with Crippen molar-refractivity contribution in [2.24, 2.45) is 11.8 Å². The van der Waals surface area contributed by atoms with Gasteiger partial charge in [0.25, 0.3) is 0 Å². The second kappa shape index (κ2) is 8.84. The molecule has 1 saturated carbocycles. The highest BCUT2D eigenvalue weighted by molar-refractivity contribution is 5.80. The molecule has 2 aliphatic rings. The molecule has 1 aromatic carbocycles. The van der Waals surface area contributed by atoms with E-state index in [9.17, 15) is 9.90 Å². The fraction of sp³-hybridized carbons (Fsp3) is 0.478. The van der Waals surface area contributed by atoms with Gasteiger partial charge in [0.1, 0.15) is 0 Å². The molecule has 1 saturated heterocycles. The van der Waals surface area contributed by atoms with Crippen LogP contribution in [-0.2, 0) is 22.6 Å². The van der Waals surface area contributed by atoms with Crippen LogP contribution in [0.15, 0.2) is 54.9 Å². The molecule has 0 bridgehead atoms. The SMILES string of the molecule is O=C(C1CC(O)C1)N1CC[C@@H](OCc2cccnc2)[C@H](Cc2ccccc2)C1. The van der Waals surface area contributed by atoms with E-state index in [1.807, 2.05) is 29.3 Å². The zero-order valence-electron chi connectivity index (χ0n) is 16.1. The van der Waals surface area contributed by atoms with E-state index >= 15 is 0 Å². The Labute approximate surface area is 166 Å². The van der Waals surface area contributed by atoms with Crippen LogP contribution in [0, 0.1) is 11.8 Å². The molecular weight excluding hydrogens is 352 g/mol. The second-order valence-electron chi connectivity index (χ2n) is 8.06. The van der Waals surface area contributed by atoms with Crippen LogP contribution in [0.25, 0.3) is 0 Å². The number of piperidine rings is 1. The van der Waals surface area contributed by atoms with Gasteiger partial charge >= 0.3 is 0 Å². The summed E-state index contributed by atoms with van der Waals surface area (Å²) < 4.78 is 6.28. The van der Waals surface area contributed by atoms with Crippen molar-refractivity contribution in [2.75, 3.05) is 13.1 Å². The van der Waals surface area contributed by atoms with E-state index in [1.54, 1.807) is 6.20 Å². The fourth-order valence-electron chi connectivity index (χ4n) is 4.28. The van der Waals surface area contributed by atoms with E-state index in [2.05, 4.69) is 29.2 Å². The average Bonchev–Trinajstić information content (AvgIpc) is 2.71. The topological polar surface area (TPSA) is 62.7 Å². The zero-order chi connectivity index (χ0) is 19.3. The Kier molecular flexibility index (Phi) is 6.03. The minimum atomic E-state index is -0.297. The highest BCUT2D eigenvalue weighted by atomic mass is 16.5. The van der Waals surface area contributed by atoms with Crippen LogP contribution in [0.1, 0.15) is 30.4 Å². The summed E-state index contributed by atoms with van der Waals surface area (Å²) in [5, 5.41) is 9.54. The van der Waals surface area contributed by atoms with Crippen molar-refractivity contribution >= 4 is 5.91 Å². The van der Waals surface area contributed by atoms with Crippen molar-refractivity contribution in [1.82, 2.24) is 9.88 Å². The molecule has 0 radical (unpaired) electrons. The molecule has 0 unspecified atom stereocenters. The van der Waals surface area contributed by atoms with E-state index in [0.29, 0.717) is 19.4 Å². The van der Waals surface area contributed by atoms with Crippen molar-refractivity contribution in [1.29, 1.82) is 0 Å². The number of rotatable bonds is 6. The molecule has 2 aromatic rings. The van der Waals surface area contributed by atoms with Crippen molar-refractivity contribution < 1.29 is 14.6 Å². The number of aliphatic hydroxyl groups is 1. The minimum absolute atomic E-state index is 0.000219. The number of aliphatic hydroxyl groups excluding tert-OH is 1. The van der Waals surface area contributed by atoms with E-state index in [1.165, 1.54) is 5.56 Å². The maximum absolute atomic E-state index is 12.8. The van der Waals surface area contributed by atoms with E-state index < -0.39 is 0 Å². The standard InChI is InChI=1S/C23H28N2O3/c26-21-12-19(13-21)23(27)25-10-8-22(28-16-18-7-4-9-24-14-18)20(15-25)11-17-5-2-1-3-6-17/h1-7,9,14,19-22,26H,8,10-13,15-16H2/t19?,20-,21?,22-/m1/s1. The van der Waals surface area contributed by atoms with Crippen molar-refractivity contribution in [3.63, 3.8) is 0 Å². The number of hydrogen-bond acceptors (Lipinski definition) is 4. The van der Waals surface area contributed by atoms with Gasteiger partial charge in [-0.3, -0.25) is 9.78 Å². The van der Waals surface area contributed by atoms with Crippen LogP contribution >= 0.6 is 0 Å². The molecule has 4 rings (SSSR count). The third kappa shape index (κ3) is 4.59. The Morgan fingerprint density at radius 2 is 1.93 bits per heavy atom. The molecule has 28 heavy (non-hydrogen) atoms. The number of nitrogens with zero attached hydrogens (tertiary/aromatic N) is 2. The molecule has 2 heterocycles. The number of hydrogen-bond donors (Lipinski definition) is 1. The van der Waals surface area contributed by atoms with Crippen LogP contribution in [0.3, 0.4) is 0 Å². The summed E-state index contributed by atoms with van der Waals surface area (Å²) in [7, 11) is 0. The summed E-state index contributed by atoms with van der Waals surface area (Å²) in [5.74, 6) is 0.469. The highest BCUT2D eigenvalue weighted by Gasteiger charge is 2.39. The van der Waals surface area contributed by atoms with E-state index in [0.717, 1.165) is 31.5 Å². The molecule has 1 N–H and O–H groups in total. The van der Waals surface area contributed by atoms with Gasteiger partial charge in [-0.25, -0.2) is 0 Å². The second-order valence-corrected chi connectivity index (χ2v) is 8.06. The van der Waals surface area contributed by atoms with Crippen LogP contribution < -0.4 is 0 Å². The molecule has 1 aliphatic heterocycles. The molecule has 1 aromatic heterocycles. The Balaban J connectivity index is 1.42. The predicted molar refractivity (Wildman–Crippen MR) is 106 cm³/mol. The number of aromatic nitrogens is 1. The van der Waals surface area contributed by atoms with Gasteiger partial charge in [0.05, 0.1) is 18.8 Å². The van der Waals surface area contributed by atoms with E-state index in [-0.39, 0.29) is 30.0 Å². The third-order valence-electron chi connectivity index (χ3n) is 5.97. The summed E-state index contributed by atoms with van der Waals surface area (Å²) in [5.41, 5.74) is 2.35. The molecule has 5 heteroatoms. The van der Waals surface area contributed by atoms with Crippen LogP contribution in [0.2, 0.25) is 0 Å². The molecule has 148 valence electrons. The van der Waals surface area contributed by atoms with Gasteiger partial charge in [-0.05, 0) is 42.9 Å². The summed E-state index contributed by atoms with van der Waals surface area (Å²) in [6.07, 6.45) is 6.40. The number of ether oxygens (including phenoxy) is 1. The smallest absolute Gasteiger partial charge is 0.225 e. The molecule has 1 amide bonds. The van der Waals surface area contributed by atoms with Crippen molar-refractivity contribution in [3.05, 3.63) is 66.0 Å². The lowest BCUT2D eigenvalue weighted by Crippen LogP contribution is -2.51. The minimum Gasteiger partial charge on any atom is -0.393 e. The van der Waals surface area contributed by atoms with Gasteiger partial charge in [0, 0.05) is 37.3 Å². The molecule has 2 atom stereocenters. The fourth-order valence-corrected chi connectivity index (χ4v) is 4.28. The summed E-state index contributed by atoms with van der Waals surface area (Å²) in [4.78, 5) is 18.9. The Morgan fingerprint density at radius 1 is 1.14 bits per heavy atom. The molecular formula is C23H28N2O3. The van der Waals surface area contributed by atoms with Gasteiger partial charge < -0.3 is 14.7 Å². The molecule has 5 nitrogen and oxygen atoms in total. The normalized spacial score (nSPS) is 27.2. The zero-order valence-corrected chi connectivity index (χ0v) is 16.1. The van der Waals surface area contributed by atoms with Crippen molar-refractivity contribution in [3.8, 4) is 0 Å². The Hall–Kier alpha value is -2.24. The molecule has 0 spiro atoms. The number of carbonyl (C=O) groups is 1. The maximum atomic E-state index is 12.8. The van der Waals surface area contributed by atoms with Crippen LogP contribution in [0.5, 0.6) is 0 Å². The molecule has 2 fully saturated rings. The van der Waals surface area contributed by atoms with E-state index in [4.69, 9.17) is 4.74 Å². The Morgan fingerprint density at radius 3 is 2.64 bits per heavy atom. The lowest BCUT2D eigenvalue weighted by atomic mass is 9.80. The van der Waals surface area contributed by atoms with Crippen LogP contribution in [-0.4, -0.2) is 46.2 Å². The number of likely N-dealkylation sites (tertiary alicyclic amines) is 1. The summed E-state index contributed by atoms with van der Waals surface area (Å²) in [6.45, 7) is 2.00. The van der Waals surface area contributed by atoms with Gasteiger partial charge in [0.2, 0.25) is 5.91 Å². The van der Waals surface area contributed by atoms with Crippen LogP contribution in [0.4, 0.5) is 0 Å². The average molecular weight is 380 g/mol. The predicted octanol–water partition coefficient (Wildman–Crippen LogP) is 2.83.